The average Bonchev–Trinajstić information content (AvgIpc) is 2.88. The second-order valence-corrected chi connectivity index (χ2v) is 3.47. The van der Waals surface area contributed by atoms with E-state index in [-0.39, 0.29) is 0 Å². The van der Waals surface area contributed by atoms with Crippen molar-refractivity contribution in [2.24, 2.45) is 9.98 Å². The molecule has 1 aromatic rings. The smallest absolute Gasteiger partial charge is 0.149 e. The van der Waals surface area contributed by atoms with Gasteiger partial charge in [0.2, 0.25) is 0 Å². The van der Waals surface area contributed by atoms with Crippen LogP contribution in [0.15, 0.2) is 28.3 Å². The molecule has 0 fully saturated rings. The number of rotatable bonds is 1. The molecule has 0 bridgehead atoms. The fourth-order valence-corrected chi connectivity index (χ4v) is 1.93. The van der Waals surface area contributed by atoms with Gasteiger partial charge in [0.1, 0.15) is 11.5 Å². The number of aliphatic imine (C=N–C) groups is 2. The Bertz CT molecular complexity index is 414. The maximum absolute atomic E-state index is 4.53. The predicted molar refractivity (Wildman–Crippen MR) is 56.1 cm³/mol. The lowest BCUT2D eigenvalue weighted by molar-refractivity contribution is 0.692. The Morgan fingerprint density at radius 2 is 2.29 bits per heavy atom. The lowest BCUT2D eigenvalue weighted by atomic mass is 10.2. The number of hydrogen-bond donors (Lipinski definition) is 1. The molecule has 0 aromatic carbocycles. The molecule has 1 aromatic heterocycles. The Balaban J connectivity index is 2.04. The predicted octanol–water partition coefficient (Wildman–Crippen LogP) is 0.293. The van der Waals surface area contributed by atoms with Crippen LogP contribution >= 0.6 is 0 Å². The van der Waals surface area contributed by atoms with Crippen molar-refractivity contribution in [1.82, 2.24) is 9.88 Å². The molecule has 2 aliphatic heterocycles. The Labute approximate surface area is 82.4 Å². The van der Waals surface area contributed by atoms with E-state index in [0.29, 0.717) is 0 Å². The number of aromatic nitrogens is 1. The molecule has 3 rings (SSSR count). The van der Waals surface area contributed by atoms with E-state index in [1.807, 2.05) is 0 Å². The first-order chi connectivity index (χ1) is 6.95. The first kappa shape index (κ1) is 7.79. The second-order valence-electron chi connectivity index (χ2n) is 3.47. The minimum Gasteiger partial charge on any atom is -0.367 e. The fraction of sp³-hybridized carbons (Fsp3) is 0.400. The highest BCUT2D eigenvalue weighted by Crippen LogP contribution is 2.11. The highest BCUT2D eigenvalue weighted by molar-refractivity contribution is 6.47. The van der Waals surface area contributed by atoms with Crippen molar-refractivity contribution in [2.45, 2.75) is 6.54 Å². The van der Waals surface area contributed by atoms with Gasteiger partial charge in [0.25, 0.3) is 0 Å². The van der Waals surface area contributed by atoms with Crippen molar-refractivity contribution in [2.75, 3.05) is 19.6 Å². The Morgan fingerprint density at radius 3 is 3.14 bits per heavy atom. The summed E-state index contributed by atoms with van der Waals surface area (Å²) in [5.74, 6) is 0.963. The molecule has 72 valence electrons. The van der Waals surface area contributed by atoms with Gasteiger partial charge < -0.3 is 9.88 Å². The Morgan fingerprint density at radius 1 is 1.29 bits per heavy atom. The Kier molecular flexibility index (Phi) is 1.65. The van der Waals surface area contributed by atoms with Crippen LogP contribution in [0.4, 0.5) is 0 Å². The molecule has 0 amide bonds. The van der Waals surface area contributed by atoms with Crippen LogP contribution in [0.5, 0.6) is 0 Å². The van der Waals surface area contributed by atoms with Crippen molar-refractivity contribution in [3.05, 3.63) is 24.0 Å². The summed E-state index contributed by atoms with van der Waals surface area (Å²) in [4.78, 5) is 8.93. The minimum atomic E-state index is 0.859. The first-order valence-electron chi connectivity index (χ1n) is 4.94. The largest absolute Gasteiger partial charge is 0.367 e. The van der Waals surface area contributed by atoms with Crippen LogP contribution in [0.25, 0.3) is 0 Å². The van der Waals surface area contributed by atoms with Gasteiger partial charge in [-0.1, -0.05) is 0 Å². The topological polar surface area (TPSA) is 41.7 Å². The molecule has 0 unspecified atom stereocenters. The molecule has 0 aliphatic carbocycles. The highest BCUT2D eigenvalue weighted by atomic mass is 15.1. The van der Waals surface area contributed by atoms with E-state index in [1.165, 1.54) is 5.69 Å². The quantitative estimate of drug-likeness (QED) is 0.676. The van der Waals surface area contributed by atoms with Gasteiger partial charge in [-0.2, -0.15) is 0 Å². The molecular weight excluding hydrogens is 176 g/mol. The van der Waals surface area contributed by atoms with Crippen molar-refractivity contribution >= 4 is 11.5 Å². The first-order valence-corrected chi connectivity index (χ1v) is 4.94. The molecule has 4 nitrogen and oxygen atoms in total. The third kappa shape index (κ3) is 1.07. The van der Waals surface area contributed by atoms with E-state index in [4.69, 9.17) is 0 Å². The van der Waals surface area contributed by atoms with Crippen molar-refractivity contribution in [3.8, 4) is 0 Å². The van der Waals surface area contributed by atoms with Crippen LogP contribution in [-0.2, 0) is 6.54 Å². The van der Waals surface area contributed by atoms with Gasteiger partial charge in [0.05, 0.1) is 18.8 Å². The van der Waals surface area contributed by atoms with E-state index in [0.717, 1.165) is 37.7 Å². The normalized spacial score (nSPS) is 19.7. The highest BCUT2D eigenvalue weighted by Gasteiger charge is 2.19. The van der Waals surface area contributed by atoms with Crippen LogP contribution in [0.3, 0.4) is 0 Å². The molecule has 0 spiro atoms. The molecule has 3 heterocycles. The summed E-state index contributed by atoms with van der Waals surface area (Å²) < 4.78 is 2.23. The number of hydrogen-bond acceptors (Lipinski definition) is 3. The number of fused-ring (bicyclic) bond motifs is 1. The third-order valence-electron chi connectivity index (χ3n) is 2.58. The monoisotopic (exact) mass is 188 g/mol. The summed E-state index contributed by atoms with van der Waals surface area (Å²) >= 11 is 0. The van der Waals surface area contributed by atoms with Gasteiger partial charge in [0.15, 0.2) is 0 Å². The molecule has 2 aliphatic rings. The van der Waals surface area contributed by atoms with Crippen LogP contribution in [0, 0.1) is 0 Å². The van der Waals surface area contributed by atoms with Gasteiger partial charge in [-0.05, 0) is 12.1 Å². The number of amidine groups is 1. The van der Waals surface area contributed by atoms with E-state index in [1.54, 1.807) is 0 Å². The molecule has 14 heavy (non-hydrogen) atoms. The van der Waals surface area contributed by atoms with Crippen LogP contribution in [-0.4, -0.2) is 35.7 Å². The van der Waals surface area contributed by atoms with Gasteiger partial charge in [-0.25, -0.2) is 0 Å². The molecule has 0 saturated heterocycles. The van der Waals surface area contributed by atoms with Crippen LogP contribution < -0.4 is 5.32 Å². The van der Waals surface area contributed by atoms with Crippen molar-refractivity contribution in [1.29, 1.82) is 0 Å². The van der Waals surface area contributed by atoms with Crippen molar-refractivity contribution in [3.63, 3.8) is 0 Å². The molecule has 1 N–H and O–H groups in total. The minimum absolute atomic E-state index is 0.859. The average molecular weight is 188 g/mol. The molecule has 0 atom stereocenters. The van der Waals surface area contributed by atoms with E-state index < -0.39 is 0 Å². The summed E-state index contributed by atoms with van der Waals surface area (Å²) in [6, 6.07) is 4.16. The molecule has 4 heteroatoms. The van der Waals surface area contributed by atoms with Crippen molar-refractivity contribution < 1.29 is 0 Å². The van der Waals surface area contributed by atoms with E-state index in [9.17, 15) is 0 Å². The Hall–Kier alpha value is -1.58. The van der Waals surface area contributed by atoms with Gasteiger partial charge in [-0.15, -0.1) is 0 Å². The van der Waals surface area contributed by atoms with Crippen LogP contribution in [0.1, 0.15) is 5.69 Å². The summed E-state index contributed by atoms with van der Waals surface area (Å²) in [6.07, 6.45) is 2.10. The maximum atomic E-state index is 4.53. The zero-order valence-electron chi connectivity index (χ0n) is 7.90. The summed E-state index contributed by atoms with van der Waals surface area (Å²) in [7, 11) is 0. The molecule has 0 radical (unpaired) electrons. The lowest BCUT2D eigenvalue weighted by Gasteiger charge is -2.16. The second kappa shape index (κ2) is 2.97. The zero-order chi connectivity index (χ0) is 9.38. The maximum Gasteiger partial charge on any atom is 0.149 e. The summed E-state index contributed by atoms with van der Waals surface area (Å²) in [6.45, 7) is 3.65. The van der Waals surface area contributed by atoms with Gasteiger partial charge in [-0.3, -0.25) is 9.98 Å². The fourth-order valence-electron chi connectivity index (χ4n) is 1.93. The molecule has 0 saturated carbocycles. The number of nitrogens with one attached hydrogen (secondary N) is 1. The van der Waals surface area contributed by atoms with Gasteiger partial charge >= 0.3 is 0 Å². The van der Waals surface area contributed by atoms with E-state index >= 15 is 0 Å². The molecular formula is C10H12N4. The summed E-state index contributed by atoms with van der Waals surface area (Å²) in [5, 5.41) is 3.26. The van der Waals surface area contributed by atoms with Gasteiger partial charge in [0, 0.05) is 19.3 Å². The van der Waals surface area contributed by atoms with Crippen LogP contribution in [0.2, 0.25) is 0 Å². The van der Waals surface area contributed by atoms with E-state index in [2.05, 4.69) is 38.2 Å². The summed E-state index contributed by atoms with van der Waals surface area (Å²) in [5.41, 5.74) is 2.21. The standard InChI is InChI=1S/C10H12N4/c1-2-8-9(10-12-3-4-13-10)11-5-7-14(8)6-1/h1-2,6H,3-5,7H2,(H,12,13). The number of nitrogens with zero attached hydrogens (tertiary/aromatic N) is 3. The third-order valence-corrected chi connectivity index (χ3v) is 2.58. The zero-order valence-corrected chi connectivity index (χ0v) is 7.90. The SMILES string of the molecule is c1cc2n(c1)CCN=C2C1=NCCN1. The lowest BCUT2D eigenvalue weighted by Crippen LogP contribution is -2.32.